The highest BCUT2D eigenvalue weighted by atomic mass is 32.2. The SMILES string of the molecule is CC(C)S(=O)(=O)NC1CCC(CNc2ccc(-n3cccc3)c(C#N)c2)CC1. The van der Waals surface area contributed by atoms with Crippen LogP contribution >= 0.6 is 0 Å². The van der Waals surface area contributed by atoms with Crippen molar-refractivity contribution in [1.29, 1.82) is 5.26 Å². The molecule has 1 fully saturated rings. The van der Waals surface area contributed by atoms with Crippen molar-refractivity contribution in [3.63, 3.8) is 0 Å². The van der Waals surface area contributed by atoms with E-state index in [1.54, 1.807) is 13.8 Å². The van der Waals surface area contributed by atoms with Crippen molar-refractivity contribution in [2.24, 2.45) is 5.92 Å². The van der Waals surface area contributed by atoms with Crippen molar-refractivity contribution < 1.29 is 8.42 Å². The van der Waals surface area contributed by atoms with E-state index in [4.69, 9.17) is 0 Å². The second kappa shape index (κ2) is 8.80. The van der Waals surface area contributed by atoms with Crippen molar-refractivity contribution >= 4 is 15.7 Å². The van der Waals surface area contributed by atoms with Crippen LogP contribution in [-0.2, 0) is 10.0 Å². The van der Waals surface area contributed by atoms with Crippen molar-refractivity contribution in [2.45, 2.75) is 50.8 Å². The number of hydrogen-bond donors (Lipinski definition) is 2. The molecular weight excluding hydrogens is 372 g/mol. The van der Waals surface area contributed by atoms with Crippen LogP contribution in [0.4, 0.5) is 5.69 Å². The largest absolute Gasteiger partial charge is 0.385 e. The van der Waals surface area contributed by atoms with Crippen LogP contribution in [-0.4, -0.2) is 30.8 Å². The minimum absolute atomic E-state index is 0.0506. The Hall–Kier alpha value is -2.30. The van der Waals surface area contributed by atoms with Gasteiger partial charge in [-0.25, -0.2) is 13.1 Å². The standard InChI is InChI=1S/C21H28N4O2S/c1-16(2)28(26,27)24-19-7-5-17(6-8-19)15-23-20-9-10-21(18(13-20)14-22)25-11-3-4-12-25/h3-4,9-13,16-17,19,23-24H,5-8,15H2,1-2H3. The first-order chi connectivity index (χ1) is 13.4. The highest BCUT2D eigenvalue weighted by Gasteiger charge is 2.26. The van der Waals surface area contributed by atoms with Gasteiger partial charge in [0.2, 0.25) is 10.0 Å². The molecule has 0 atom stereocenters. The summed E-state index contributed by atoms with van der Waals surface area (Å²) in [5, 5.41) is 12.5. The molecule has 1 aromatic heterocycles. The summed E-state index contributed by atoms with van der Waals surface area (Å²) in [4.78, 5) is 0. The van der Waals surface area contributed by atoms with E-state index in [0.717, 1.165) is 43.6 Å². The van der Waals surface area contributed by atoms with Gasteiger partial charge >= 0.3 is 0 Å². The molecule has 1 aliphatic rings. The molecular formula is C21H28N4O2S. The van der Waals surface area contributed by atoms with Gasteiger partial charge in [0.15, 0.2) is 0 Å². The summed E-state index contributed by atoms with van der Waals surface area (Å²) in [5.74, 6) is 0.509. The number of anilines is 1. The summed E-state index contributed by atoms with van der Waals surface area (Å²) in [6.45, 7) is 4.24. The Morgan fingerprint density at radius 1 is 1.18 bits per heavy atom. The van der Waals surface area contributed by atoms with Gasteiger partial charge in [-0.2, -0.15) is 5.26 Å². The monoisotopic (exact) mass is 400 g/mol. The third-order valence-corrected chi connectivity index (χ3v) is 7.30. The van der Waals surface area contributed by atoms with Crippen LogP contribution < -0.4 is 10.0 Å². The van der Waals surface area contributed by atoms with Crippen molar-refractivity contribution in [1.82, 2.24) is 9.29 Å². The van der Waals surface area contributed by atoms with Gasteiger partial charge in [-0.1, -0.05) is 0 Å². The lowest BCUT2D eigenvalue weighted by Crippen LogP contribution is -2.41. The molecule has 2 aromatic rings. The molecule has 150 valence electrons. The summed E-state index contributed by atoms with van der Waals surface area (Å²) in [5.41, 5.74) is 2.44. The predicted octanol–water partition coefficient (Wildman–Crippen LogP) is 3.65. The van der Waals surface area contributed by atoms with E-state index in [9.17, 15) is 13.7 Å². The molecule has 0 aliphatic heterocycles. The third kappa shape index (κ3) is 4.94. The molecule has 0 unspecified atom stereocenters. The highest BCUT2D eigenvalue weighted by Crippen LogP contribution is 2.26. The minimum Gasteiger partial charge on any atom is -0.385 e. The maximum Gasteiger partial charge on any atom is 0.214 e. The smallest absolute Gasteiger partial charge is 0.214 e. The summed E-state index contributed by atoms with van der Waals surface area (Å²) < 4.78 is 28.8. The van der Waals surface area contributed by atoms with Crippen molar-refractivity contribution in [3.8, 4) is 11.8 Å². The molecule has 0 saturated heterocycles. The van der Waals surface area contributed by atoms with Gasteiger partial charge in [0, 0.05) is 30.7 Å². The zero-order valence-electron chi connectivity index (χ0n) is 16.4. The lowest BCUT2D eigenvalue weighted by Gasteiger charge is -2.29. The molecule has 28 heavy (non-hydrogen) atoms. The average Bonchev–Trinajstić information content (AvgIpc) is 3.21. The highest BCUT2D eigenvalue weighted by molar-refractivity contribution is 7.90. The number of aromatic nitrogens is 1. The molecule has 2 N–H and O–H groups in total. The van der Waals surface area contributed by atoms with Gasteiger partial charge in [-0.3, -0.25) is 0 Å². The van der Waals surface area contributed by atoms with E-state index in [2.05, 4.69) is 16.1 Å². The average molecular weight is 401 g/mol. The molecule has 1 saturated carbocycles. The first-order valence-corrected chi connectivity index (χ1v) is 11.4. The summed E-state index contributed by atoms with van der Waals surface area (Å²) in [7, 11) is -3.20. The van der Waals surface area contributed by atoms with Gasteiger partial charge in [0.1, 0.15) is 6.07 Å². The van der Waals surface area contributed by atoms with E-state index in [0.29, 0.717) is 11.5 Å². The van der Waals surface area contributed by atoms with Crippen LogP contribution in [0.25, 0.3) is 5.69 Å². The fourth-order valence-corrected chi connectivity index (χ4v) is 4.54. The molecule has 7 heteroatoms. The number of nitriles is 1. The van der Waals surface area contributed by atoms with Crippen molar-refractivity contribution in [3.05, 3.63) is 48.3 Å². The Bertz CT molecular complexity index is 922. The van der Waals surface area contributed by atoms with Crippen LogP contribution in [0.1, 0.15) is 45.1 Å². The number of sulfonamides is 1. The molecule has 0 amide bonds. The van der Waals surface area contributed by atoms with Gasteiger partial charge in [-0.05, 0) is 75.8 Å². The minimum atomic E-state index is -3.20. The second-order valence-corrected chi connectivity index (χ2v) is 10.0. The molecule has 0 bridgehead atoms. The number of nitrogens with one attached hydrogen (secondary N) is 2. The maximum absolute atomic E-state index is 12.0. The second-order valence-electron chi connectivity index (χ2n) is 7.74. The summed E-state index contributed by atoms with van der Waals surface area (Å²) >= 11 is 0. The van der Waals surface area contributed by atoms with Crippen LogP contribution in [0.2, 0.25) is 0 Å². The van der Waals surface area contributed by atoms with E-state index >= 15 is 0 Å². The molecule has 6 nitrogen and oxygen atoms in total. The lowest BCUT2D eigenvalue weighted by atomic mass is 9.86. The molecule has 1 aromatic carbocycles. The van der Waals surface area contributed by atoms with Gasteiger partial charge in [-0.15, -0.1) is 0 Å². The zero-order valence-corrected chi connectivity index (χ0v) is 17.2. The van der Waals surface area contributed by atoms with E-state index in [1.807, 2.05) is 47.3 Å². The maximum atomic E-state index is 12.0. The van der Waals surface area contributed by atoms with E-state index < -0.39 is 15.3 Å². The number of hydrogen-bond acceptors (Lipinski definition) is 4. The number of rotatable bonds is 7. The molecule has 1 aliphatic carbocycles. The number of nitrogens with zero attached hydrogens (tertiary/aromatic N) is 2. The lowest BCUT2D eigenvalue weighted by molar-refractivity contribution is 0.323. The topological polar surface area (TPSA) is 86.9 Å². The Balaban J connectivity index is 1.53. The van der Waals surface area contributed by atoms with Gasteiger partial charge in [0.25, 0.3) is 0 Å². The Kier molecular flexibility index (Phi) is 6.42. The molecule has 0 spiro atoms. The quantitative estimate of drug-likeness (QED) is 0.743. The molecule has 0 radical (unpaired) electrons. The molecule has 1 heterocycles. The van der Waals surface area contributed by atoms with Crippen LogP contribution in [0, 0.1) is 17.2 Å². The van der Waals surface area contributed by atoms with E-state index in [1.165, 1.54) is 0 Å². The van der Waals surface area contributed by atoms with Crippen LogP contribution in [0.5, 0.6) is 0 Å². The Morgan fingerprint density at radius 3 is 2.46 bits per heavy atom. The fourth-order valence-electron chi connectivity index (χ4n) is 3.57. The van der Waals surface area contributed by atoms with Crippen LogP contribution in [0.3, 0.4) is 0 Å². The normalized spacial score (nSPS) is 20.1. The summed E-state index contributed by atoms with van der Waals surface area (Å²) in [6, 6.07) is 12.0. The van der Waals surface area contributed by atoms with Gasteiger partial charge in [0.05, 0.1) is 16.5 Å². The fraction of sp³-hybridized carbons (Fsp3) is 0.476. The zero-order chi connectivity index (χ0) is 20.1. The predicted molar refractivity (Wildman–Crippen MR) is 112 cm³/mol. The third-order valence-electron chi connectivity index (χ3n) is 5.39. The number of benzene rings is 1. The van der Waals surface area contributed by atoms with E-state index in [-0.39, 0.29) is 6.04 Å². The molecule has 3 rings (SSSR count). The van der Waals surface area contributed by atoms with Crippen molar-refractivity contribution in [2.75, 3.05) is 11.9 Å². The first-order valence-electron chi connectivity index (χ1n) is 9.81. The Labute approximate surface area is 167 Å². The first kappa shape index (κ1) is 20.4. The Morgan fingerprint density at radius 2 is 1.86 bits per heavy atom. The summed E-state index contributed by atoms with van der Waals surface area (Å²) in [6.07, 6.45) is 7.57. The van der Waals surface area contributed by atoms with Gasteiger partial charge < -0.3 is 9.88 Å². The van der Waals surface area contributed by atoms with Crippen LogP contribution in [0.15, 0.2) is 42.7 Å².